The van der Waals surface area contributed by atoms with E-state index in [1.807, 2.05) is 0 Å². The van der Waals surface area contributed by atoms with E-state index in [-0.39, 0.29) is 17.9 Å². The molecule has 0 aliphatic carbocycles. The second-order valence-corrected chi connectivity index (χ2v) is 7.91. The molecule has 1 aliphatic rings. The molecule has 4 amide bonds. The highest BCUT2D eigenvalue weighted by atomic mass is 35.5. The van der Waals surface area contributed by atoms with Crippen LogP contribution in [0.2, 0.25) is 5.02 Å². The number of carbonyl (C=O) groups is 2. The van der Waals surface area contributed by atoms with Gasteiger partial charge in [0.25, 0.3) is 0 Å². The average Bonchev–Trinajstić information content (AvgIpc) is 2.77. The monoisotopic (exact) mass is 452 g/mol. The molecule has 3 aromatic carbocycles. The zero-order valence-electron chi connectivity index (χ0n) is 17.2. The van der Waals surface area contributed by atoms with Crippen molar-refractivity contribution in [2.75, 3.05) is 28.6 Å². The molecule has 6 nitrogen and oxygen atoms in total. The summed E-state index contributed by atoms with van der Waals surface area (Å²) in [5.74, 6) is -0.296. The van der Waals surface area contributed by atoms with Gasteiger partial charge in [0.15, 0.2) is 0 Å². The maximum absolute atomic E-state index is 13.1. The smallest absolute Gasteiger partial charge is 0.320 e. The molecule has 8 heteroatoms. The third-order valence-electron chi connectivity index (χ3n) is 5.12. The van der Waals surface area contributed by atoms with Crippen LogP contribution in [0.25, 0.3) is 0 Å². The van der Waals surface area contributed by atoms with E-state index in [9.17, 15) is 14.0 Å². The second-order valence-electron chi connectivity index (χ2n) is 7.47. The van der Waals surface area contributed by atoms with Gasteiger partial charge in [-0.25, -0.2) is 14.0 Å². The molecule has 2 N–H and O–H groups in total. The molecule has 0 unspecified atom stereocenters. The van der Waals surface area contributed by atoms with Crippen LogP contribution in [0.5, 0.6) is 0 Å². The molecule has 3 aromatic rings. The largest absolute Gasteiger partial charge is 0.324 e. The molecular formula is C24H22ClFN4O2. The Morgan fingerprint density at radius 3 is 2.38 bits per heavy atom. The van der Waals surface area contributed by atoms with Gasteiger partial charge in [0.2, 0.25) is 0 Å². The van der Waals surface area contributed by atoms with Gasteiger partial charge in [0.1, 0.15) is 5.82 Å². The summed E-state index contributed by atoms with van der Waals surface area (Å²) in [6, 6.07) is 19.7. The molecule has 32 heavy (non-hydrogen) atoms. The third kappa shape index (κ3) is 5.36. The minimum atomic E-state index is -0.389. The molecule has 164 valence electrons. The molecule has 1 saturated heterocycles. The number of rotatable bonds is 5. The van der Waals surface area contributed by atoms with E-state index in [1.165, 1.54) is 12.1 Å². The Hall–Kier alpha value is -3.58. The van der Waals surface area contributed by atoms with Crippen LogP contribution in [0.15, 0.2) is 72.8 Å². The van der Waals surface area contributed by atoms with E-state index in [0.717, 1.165) is 17.7 Å². The lowest BCUT2D eigenvalue weighted by molar-refractivity contribution is 0.192. The summed E-state index contributed by atoms with van der Waals surface area (Å²) in [6.07, 6.45) is 0.828. The van der Waals surface area contributed by atoms with Crippen molar-refractivity contribution in [2.24, 2.45) is 0 Å². The summed E-state index contributed by atoms with van der Waals surface area (Å²) in [6.45, 7) is 1.69. The lowest BCUT2D eigenvalue weighted by atomic mass is 10.1. The first kappa shape index (κ1) is 21.6. The fourth-order valence-electron chi connectivity index (χ4n) is 3.56. The summed E-state index contributed by atoms with van der Waals surface area (Å²) in [4.78, 5) is 28.6. The average molecular weight is 453 g/mol. The van der Waals surface area contributed by atoms with Crippen LogP contribution in [-0.4, -0.2) is 30.1 Å². The maximum Gasteiger partial charge on any atom is 0.324 e. The highest BCUT2D eigenvalue weighted by Crippen LogP contribution is 2.24. The van der Waals surface area contributed by atoms with Gasteiger partial charge in [0.05, 0.1) is 0 Å². The minimum absolute atomic E-state index is 0.0972. The Bertz CT molecular complexity index is 1110. The molecule has 4 rings (SSSR count). The number of hydrogen-bond donors (Lipinski definition) is 2. The van der Waals surface area contributed by atoms with Crippen molar-refractivity contribution >= 4 is 40.7 Å². The summed E-state index contributed by atoms with van der Waals surface area (Å²) in [5, 5.41) is 6.01. The molecule has 0 radical (unpaired) electrons. The van der Waals surface area contributed by atoms with E-state index in [0.29, 0.717) is 36.0 Å². The SMILES string of the molecule is O=C(Nc1ccc(N2CCCN(Cc3ccc(F)cc3)C2=O)cc1)Nc1cccc(Cl)c1. The molecule has 0 bridgehead atoms. The summed E-state index contributed by atoms with van der Waals surface area (Å²) in [5.41, 5.74) is 2.82. The zero-order chi connectivity index (χ0) is 22.5. The van der Waals surface area contributed by atoms with Crippen LogP contribution < -0.4 is 15.5 Å². The molecule has 1 aliphatic heterocycles. The van der Waals surface area contributed by atoms with Gasteiger partial charge < -0.3 is 15.5 Å². The second kappa shape index (κ2) is 9.70. The number of carbonyl (C=O) groups excluding carboxylic acids is 2. The lowest BCUT2D eigenvalue weighted by Gasteiger charge is -2.35. The fourth-order valence-corrected chi connectivity index (χ4v) is 3.75. The number of nitrogens with one attached hydrogen (secondary N) is 2. The van der Waals surface area contributed by atoms with Crippen molar-refractivity contribution in [3.63, 3.8) is 0 Å². The van der Waals surface area contributed by atoms with Gasteiger partial charge in [-0.1, -0.05) is 29.8 Å². The molecule has 1 fully saturated rings. The number of benzene rings is 3. The Balaban J connectivity index is 1.37. The van der Waals surface area contributed by atoms with Gasteiger partial charge >= 0.3 is 12.1 Å². The zero-order valence-corrected chi connectivity index (χ0v) is 18.0. The molecule has 0 spiro atoms. The van der Waals surface area contributed by atoms with Crippen molar-refractivity contribution in [2.45, 2.75) is 13.0 Å². The fraction of sp³-hybridized carbons (Fsp3) is 0.167. The molecule has 0 atom stereocenters. The third-order valence-corrected chi connectivity index (χ3v) is 5.35. The van der Waals surface area contributed by atoms with Crippen molar-refractivity contribution < 1.29 is 14.0 Å². The van der Waals surface area contributed by atoms with Gasteiger partial charge in [-0.3, -0.25) is 4.90 Å². The summed E-state index contributed by atoms with van der Waals surface area (Å²) in [7, 11) is 0. The summed E-state index contributed by atoms with van der Waals surface area (Å²) >= 11 is 5.93. The van der Waals surface area contributed by atoms with Crippen molar-refractivity contribution in [3.8, 4) is 0 Å². The predicted octanol–water partition coefficient (Wildman–Crippen LogP) is 5.96. The van der Waals surface area contributed by atoms with Gasteiger partial charge in [-0.15, -0.1) is 0 Å². The number of anilines is 3. The van der Waals surface area contributed by atoms with E-state index in [2.05, 4.69) is 10.6 Å². The van der Waals surface area contributed by atoms with Crippen molar-refractivity contribution in [1.82, 2.24) is 4.90 Å². The Kier molecular flexibility index (Phi) is 6.56. The highest BCUT2D eigenvalue weighted by molar-refractivity contribution is 6.30. The van der Waals surface area contributed by atoms with Crippen LogP contribution in [0, 0.1) is 5.82 Å². The Morgan fingerprint density at radius 1 is 0.938 bits per heavy atom. The quantitative estimate of drug-likeness (QED) is 0.502. The van der Waals surface area contributed by atoms with Crippen LogP contribution in [0.1, 0.15) is 12.0 Å². The van der Waals surface area contributed by atoms with Gasteiger partial charge in [-0.2, -0.15) is 0 Å². The minimum Gasteiger partial charge on any atom is -0.320 e. The first-order chi connectivity index (χ1) is 15.5. The first-order valence-corrected chi connectivity index (χ1v) is 10.6. The van der Waals surface area contributed by atoms with Crippen LogP contribution in [0.4, 0.5) is 31.0 Å². The van der Waals surface area contributed by atoms with Crippen molar-refractivity contribution in [3.05, 3.63) is 89.2 Å². The van der Waals surface area contributed by atoms with Crippen LogP contribution in [-0.2, 0) is 6.54 Å². The first-order valence-electron chi connectivity index (χ1n) is 10.2. The number of urea groups is 2. The van der Waals surface area contributed by atoms with E-state index in [1.54, 1.807) is 70.5 Å². The van der Waals surface area contributed by atoms with Crippen molar-refractivity contribution in [1.29, 1.82) is 0 Å². The summed E-state index contributed by atoms with van der Waals surface area (Å²) < 4.78 is 13.1. The number of amides is 4. The van der Waals surface area contributed by atoms with Crippen LogP contribution >= 0.6 is 11.6 Å². The topological polar surface area (TPSA) is 64.7 Å². The van der Waals surface area contributed by atoms with E-state index >= 15 is 0 Å². The standard InChI is InChI=1S/C24H22ClFN4O2/c25-18-3-1-4-21(15-18)28-23(31)27-20-9-11-22(12-10-20)30-14-2-13-29(24(30)32)16-17-5-7-19(26)8-6-17/h1,3-12,15H,2,13-14,16H2,(H2,27,28,31). The normalized spacial score (nSPS) is 13.8. The molecule has 0 aromatic heterocycles. The van der Waals surface area contributed by atoms with E-state index in [4.69, 9.17) is 11.6 Å². The number of nitrogens with zero attached hydrogens (tertiary/aromatic N) is 2. The van der Waals surface area contributed by atoms with Gasteiger partial charge in [0, 0.05) is 41.7 Å². The Labute approximate surface area is 190 Å². The Morgan fingerprint density at radius 2 is 1.66 bits per heavy atom. The predicted molar refractivity (Wildman–Crippen MR) is 125 cm³/mol. The molecule has 1 heterocycles. The molecule has 0 saturated carbocycles. The highest BCUT2D eigenvalue weighted by Gasteiger charge is 2.26. The number of hydrogen-bond acceptors (Lipinski definition) is 2. The van der Waals surface area contributed by atoms with E-state index < -0.39 is 0 Å². The maximum atomic E-state index is 13.1. The van der Waals surface area contributed by atoms with Gasteiger partial charge in [-0.05, 0) is 66.6 Å². The number of halogens is 2. The molecular weight excluding hydrogens is 431 g/mol. The van der Waals surface area contributed by atoms with Crippen LogP contribution in [0.3, 0.4) is 0 Å². The lowest BCUT2D eigenvalue weighted by Crippen LogP contribution is -2.49.